The summed E-state index contributed by atoms with van der Waals surface area (Å²) in [7, 11) is 1.66. The normalized spacial score (nSPS) is 18.6. The SMILES string of the molecule is Cc1ccc(C(C)C)cc1N1CCc2nc(-c3c(C4CC4)cnc4c3ccn4SI)nc(N3CCCC(C)(C)C3)c2C1. The van der Waals surface area contributed by atoms with Crippen molar-refractivity contribution in [2.45, 2.75) is 85.1 Å². The molecule has 220 valence electrons. The number of benzene rings is 1. The van der Waals surface area contributed by atoms with Crippen LogP contribution in [0, 0.1) is 12.3 Å². The van der Waals surface area contributed by atoms with E-state index in [2.05, 4.69) is 106 Å². The van der Waals surface area contributed by atoms with Crippen molar-refractivity contribution in [1.82, 2.24) is 18.9 Å². The zero-order valence-electron chi connectivity index (χ0n) is 25.5. The van der Waals surface area contributed by atoms with E-state index in [1.807, 2.05) is 0 Å². The third-order valence-electron chi connectivity index (χ3n) is 9.50. The summed E-state index contributed by atoms with van der Waals surface area (Å²) in [5.74, 6) is 3.12. The van der Waals surface area contributed by atoms with Crippen molar-refractivity contribution >= 4 is 52.9 Å². The maximum Gasteiger partial charge on any atom is 0.162 e. The van der Waals surface area contributed by atoms with Crippen LogP contribution in [0.3, 0.4) is 0 Å². The largest absolute Gasteiger partial charge is 0.366 e. The van der Waals surface area contributed by atoms with Gasteiger partial charge in [-0.25, -0.2) is 15.0 Å². The number of aryl methyl sites for hydroxylation is 1. The van der Waals surface area contributed by atoms with Gasteiger partial charge in [-0.05, 0) is 78.7 Å². The minimum Gasteiger partial charge on any atom is -0.366 e. The summed E-state index contributed by atoms with van der Waals surface area (Å²) >= 11 is 2.34. The predicted molar refractivity (Wildman–Crippen MR) is 185 cm³/mol. The Morgan fingerprint density at radius 3 is 2.64 bits per heavy atom. The lowest BCUT2D eigenvalue weighted by atomic mass is 9.84. The highest BCUT2D eigenvalue weighted by molar-refractivity contribution is 14.2. The number of anilines is 2. The van der Waals surface area contributed by atoms with Crippen LogP contribution in [0.4, 0.5) is 11.5 Å². The second-order valence-electron chi connectivity index (χ2n) is 13.7. The first-order chi connectivity index (χ1) is 20.2. The van der Waals surface area contributed by atoms with E-state index in [9.17, 15) is 0 Å². The van der Waals surface area contributed by atoms with E-state index >= 15 is 0 Å². The molecule has 0 radical (unpaired) electrons. The molecule has 1 aliphatic carbocycles. The molecule has 0 bridgehead atoms. The Kier molecular flexibility index (Phi) is 7.44. The van der Waals surface area contributed by atoms with Gasteiger partial charge in [0.1, 0.15) is 5.82 Å². The van der Waals surface area contributed by atoms with Crippen molar-refractivity contribution < 1.29 is 0 Å². The van der Waals surface area contributed by atoms with Crippen molar-refractivity contribution in [2.75, 3.05) is 29.4 Å². The smallest absolute Gasteiger partial charge is 0.162 e. The van der Waals surface area contributed by atoms with Crippen LogP contribution in [0.25, 0.3) is 22.4 Å². The van der Waals surface area contributed by atoms with Crippen molar-refractivity contribution in [2.24, 2.45) is 5.41 Å². The molecule has 1 aromatic carbocycles. The molecule has 0 amide bonds. The van der Waals surface area contributed by atoms with E-state index in [1.165, 1.54) is 70.3 Å². The lowest BCUT2D eigenvalue weighted by molar-refractivity contribution is 0.291. The van der Waals surface area contributed by atoms with Gasteiger partial charge in [-0.3, -0.25) is 3.97 Å². The highest BCUT2D eigenvalue weighted by Crippen LogP contribution is 2.47. The lowest BCUT2D eigenvalue weighted by Gasteiger charge is -2.41. The Hall–Kier alpha value is -2.33. The number of aromatic nitrogens is 4. The standard InChI is InChI=1S/C34H41IN6S/c1-21(2)24-8-7-22(3)29(17-24)39-15-12-28-27(19-39)33(40-14-6-13-34(4,5)20-40)38-31(37-28)30-25-11-16-41(42-35)32(25)36-18-26(30)23-9-10-23/h7-8,11,16-18,21,23H,6,9-10,12-15,19-20H2,1-5H3. The van der Waals surface area contributed by atoms with Gasteiger partial charge in [0, 0.05) is 97.5 Å². The Bertz CT molecular complexity index is 1660. The zero-order chi connectivity index (χ0) is 29.2. The van der Waals surface area contributed by atoms with Crippen LogP contribution < -0.4 is 9.80 Å². The monoisotopic (exact) mass is 692 g/mol. The summed E-state index contributed by atoms with van der Waals surface area (Å²) in [4.78, 5) is 21.0. The molecule has 0 unspecified atom stereocenters. The highest BCUT2D eigenvalue weighted by atomic mass is 127. The van der Waals surface area contributed by atoms with Crippen LogP contribution >= 0.6 is 30.3 Å². The van der Waals surface area contributed by atoms with Gasteiger partial charge in [0.05, 0.1) is 5.69 Å². The molecule has 0 N–H and O–H groups in total. The van der Waals surface area contributed by atoms with E-state index in [1.54, 1.807) is 9.12 Å². The first-order valence-electron chi connectivity index (χ1n) is 15.5. The summed E-state index contributed by atoms with van der Waals surface area (Å²) in [6.07, 6.45) is 10.1. The molecule has 5 heterocycles. The van der Waals surface area contributed by atoms with Crippen molar-refractivity contribution in [3.63, 3.8) is 0 Å². The first kappa shape index (κ1) is 28.4. The molecule has 1 saturated heterocycles. The van der Waals surface area contributed by atoms with Crippen molar-refractivity contribution in [3.8, 4) is 11.4 Å². The quantitative estimate of drug-likeness (QED) is 0.188. The van der Waals surface area contributed by atoms with Crippen LogP contribution in [-0.4, -0.2) is 38.6 Å². The lowest BCUT2D eigenvalue weighted by Crippen LogP contribution is -2.42. The summed E-state index contributed by atoms with van der Waals surface area (Å²) in [6.45, 7) is 15.5. The molecule has 0 atom stereocenters. The van der Waals surface area contributed by atoms with Crippen LogP contribution in [0.5, 0.6) is 0 Å². The average Bonchev–Trinajstić information content (AvgIpc) is 3.74. The van der Waals surface area contributed by atoms with Gasteiger partial charge in [-0.1, -0.05) is 39.8 Å². The third kappa shape index (κ3) is 5.20. The molecule has 8 heteroatoms. The molecule has 7 rings (SSSR count). The fourth-order valence-electron chi connectivity index (χ4n) is 6.99. The maximum absolute atomic E-state index is 5.54. The fraction of sp³-hybridized carbons (Fsp3) is 0.500. The van der Waals surface area contributed by atoms with Crippen LogP contribution in [-0.2, 0) is 13.0 Å². The molecular weight excluding hydrogens is 651 g/mol. The number of fused-ring (bicyclic) bond motifs is 2. The number of pyridine rings is 1. The number of rotatable bonds is 6. The topological polar surface area (TPSA) is 50.1 Å². The fourth-order valence-corrected chi connectivity index (χ4v) is 8.26. The Labute approximate surface area is 266 Å². The van der Waals surface area contributed by atoms with Crippen molar-refractivity contribution in [3.05, 3.63) is 64.6 Å². The second kappa shape index (κ2) is 11.0. The molecule has 4 aromatic rings. The zero-order valence-corrected chi connectivity index (χ0v) is 28.4. The number of halogens is 1. The molecule has 0 spiro atoms. The van der Waals surface area contributed by atoms with Gasteiger partial charge < -0.3 is 9.80 Å². The van der Waals surface area contributed by atoms with E-state index in [0.29, 0.717) is 11.8 Å². The van der Waals surface area contributed by atoms with Gasteiger partial charge >= 0.3 is 0 Å². The van der Waals surface area contributed by atoms with Gasteiger partial charge in [-0.15, -0.1) is 0 Å². The van der Waals surface area contributed by atoms with Crippen molar-refractivity contribution in [1.29, 1.82) is 0 Å². The van der Waals surface area contributed by atoms with E-state index < -0.39 is 0 Å². The highest BCUT2D eigenvalue weighted by Gasteiger charge is 2.34. The van der Waals surface area contributed by atoms with Crippen LogP contribution in [0.1, 0.15) is 93.2 Å². The van der Waals surface area contributed by atoms with Crippen LogP contribution in [0.2, 0.25) is 0 Å². The molecule has 3 aliphatic rings. The molecular formula is C34H41IN6S. The Morgan fingerprint density at radius 1 is 1.07 bits per heavy atom. The molecule has 1 saturated carbocycles. The van der Waals surface area contributed by atoms with Gasteiger partial charge in [0.15, 0.2) is 11.5 Å². The van der Waals surface area contributed by atoms with Gasteiger partial charge in [0.25, 0.3) is 0 Å². The Balaban J connectivity index is 1.38. The second-order valence-corrected chi connectivity index (χ2v) is 15.4. The Morgan fingerprint density at radius 2 is 1.90 bits per heavy atom. The van der Waals surface area contributed by atoms with E-state index in [4.69, 9.17) is 15.0 Å². The summed E-state index contributed by atoms with van der Waals surface area (Å²) in [6, 6.07) is 9.21. The van der Waals surface area contributed by atoms with Gasteiger partial charge in [0.2, 0.25) is 0 Å². The summed E-state index contributed by atoms with van der Waals surface area (Å²) in [5, 5.41) is 1.17. The first-order valence-corrected chi connectivity index (χ1v) is 18.8. The number of piperidine rings is 1. The minimum absolute atomic E-state index is 0.268. The number of hydrogen-bond donors (Lipinski definition) is 0. The summed E-state index contributed by atoms with van der Waals surface area (Å²) < 4.78 is 2.15. The molecule has 2 fully saturated rings. The molecule has 2 aliphatic heterocycles. The number of nitrogens with zero attached hydrogens (tertiary/aromatic N) is 6. The minimum atomic E-state index is 0.268. The number of hydrogen-bond acceptors (Lipinski definition) is 6. The summed E-state index contributed by atoms with van der Waals surface area (Å²) in [5.41, 5.74) is 10.4. The van der Waals surface area contributed by atoms with Gasteiger partial charge in [-0.2, -0.15) is 0 Å². The third-order valence-corrected chi connectivity index (χ3v) is 11.2. The molecule has 3 aromatic heterocycles. The van der Waals surface area contributed by atoms with E-state index in [0.717, 1.165) is 49.9 Å². The molecule has 6 nitrogen and oxygen atoms in total. The predicted octanol–water partition coefficient (Wildman–Crippen LogP) is 8.84. The van der Waals surface area contributed by atoms with E-state index in [-0.39, 0.29) is 5.41 Å². The average molecular weight is 693 g/mol. The van der Waals surface area contributed by atoms with Crippen LogP contribution in [0.15, 0.2) is 36.7 Å². The molecule has 42 heavy (non-hydrogen) atoms. The maximum atomic E-state index is 5.54.